The number of carbonyl (C=O) groups excluding carboxylic acids is 1. The van der Waals surface area contributed by atoms with Crippen molar-refractivity contribution in [1.82, 2.24) is 25.7 Å². The topological polar surface area (TPSA) is 125 Å². The van der Waals surface area contributed by atoms with Crippen molar-refractivity contribution in [3.8, 4) is 0 Å². The summed E-state index contributed by atoms with van der Waals surface area (Å²) in [4.78, 5) is 20.1. The Kier molecular flexibility index (Phi) is 12.0. The molecule has 1 amide bonds. The first-order valence-electron chi connectivity index (χ1n) is 9.69. The van der Waals surface area contributed by atoms with Gasteiger partial charge in [-0.2, -0.15) is 0 Å². The number of halogens is 1. The average molecular weight is 560 g/mol. The number of benzene rings is 1. The molecule has 0 aliphatic heterocycles. The molecule has 2 aromatic rings. The van der Waals surface area contributed by atoms with Crippen LogP contribution in [0.4, 0.5) is 0 Å². The van der Waals surface area contributed by atoms with Crippen LogP contribution in [-0.2, 0) is 16.4 Å². The number of nitrogens with one attached hydrogen (secondary N) is 4. The number of aliphatic imine (C=N–C) groups is 1. The predicted molar refractivity (Wildman–Crippen MR) is 132 cm³/mol. The molecular formula is C20H29IN6O3S. The summed E-state index contributed by atoms with van der Waals surface area (Å²) >= 11 is 0. The zero-order chi connectivity index (χ0) is 21.8. The zero-order valence-corrected chi connectivity index (χ0v) is 20.7. The number of rotatable bonds is 10. The molecule has 0 saturated heterocycles. The van der Waals surface area contributed by atoms with Gasteiger partial charge in [0.15, 0.2) is 5.96 Å². The summed E-state index contributed by atoms with van der Waals surface area (Å²) in [5.74, 6) is 0.481. The third kappa shape index (κ3) is 9.19. The normalized spacial score (nSPS) is 11.4. The Balaban J connectivity index is 0.00000480. The number of sulfonamides is 1. The molecule has 4 N–H and O–H groups in total. The minimum Gasteiger partial charge on any atom is -0.357 e. The van der Waals surface area contributed by atoms with Crippen molar-refractivity contribution in [1.29, 1.82) is 0 Å². The number of pyridine rings is 1. The van der Waals surface area contributed by atoms with Gasteiger partial charge in [-0.25, -0.2) is 13.1 Å². The highest BCUT2D eigenvalue weighted by molar-refractivity contribution is 14.0. The molecule has 0 aliphatic carbocycles. The third-order valence-corrected chi connectivity index (χ3v) is 5.53. The maximum absolute atomic E-state index is 12.2. The van der Waals surface area contributed by atoms with Crippen molar-refractivity contribution in [2.45, 2.75) is 18.2 Å². The van der Waals surface area contributed by atoms with E-state index in [0.29, 0.717) is 31.0 Å². The van der Waals surface area contributed by atoms with E-state index < -0.39 is 10.0 Å². The van der Waals surface area contributed by atoms with Crippen molar-refractivity contribution >= 4 is 45.9 Å². The fourth-order valence-electron chi connectivity index (χ4n) is 2.62. The van der Waals surface area contributed by atoms with Crippen LogP contribution in [-0.4, -0.2) is 58.5 Å². The van der Waals surface area contributed by atoms with Gasteiger partial charge in [0.25, 0.3) is 5.91 Å². The molecule has 9 nitrogen and oxygen atoms in total. The van der Waals surface area contributed by atoms with Crippen LogP contribution in [0.5, 0.6) is 0 Å². The minimum atomic E-state index is -3.59. The van der Waals surface area contributed by atoms with Gasteiger partial charge in [-0.15, -0.1) is 24.0 Å². The molecular weight excluding hydrogens is 531 g/mol. The Morgan fingerprint density at radius 3 is 2.61 bits per heavy atom. The number of guanidine groups is 1. The summed E-state index contributed by atoms with van der Waals surface area (Å²) in [5.41, 5.74) is 1.65. The van der Waals surface area contributed by atoms with Gasteiger partial charge >= 0.3 is 0 Å². The second-order valence-electron chi connectivity index (χ2n) is 6.30. The van der Waals surface area contributed by atoms with Gasteiger partial charge in [0.05, 0.1) is 6.54 Å². The fourth-order valence-corrected chi connectivity index (χ4v) is 3.60. The highest BCUT2D eigenvalue weighted by Gasteiger charge is 2.12. The lowest BCUT2D eigenvalue weighted by atomic mass is 10.1. The highest BCUT2D eigenvalue weighted by atomic mass is 127. The van der Waals surface area contributed by atoms with Crippen LogP contribution in [0.1, 0.15) is 22.8 Å². The molecule has 1 heterocycles. The van der Waals surface area contributed by atoms with Gasteiger partial charge in [0.1, 0.15) is 4.90 Å². The van der Waals surface area contributed by atoms with E-state index in [1.54, 1.807) is 19.2 Å². The van der Waals surface area contributed by atoms with Gasteiger partial charge < -0.3 is 16.0 Å². The molecule has 1 aromatic heterocycles. The lowest BCUT2D eigenvalue weighted by molar-refractivity contribution is 0.0963. The van der Waals surface area contributed by atoms with E-state index in [2.05, 4.69) is 30.6 Å². The Morgan fingerprint density at radius 1 is 1.13 bits per heavy atom. The van der Waals surface area contributed by atoms with Crippen LogP contribution in [0.3, 0.4) is 0 Å². The average Bonchev–Trinajstić information content (AvgIpc) is 2.77. The van der Waals surface area contributed by atoms with E-state index in [9.17, 15) is 13.2 Å². The van der Waals surface area contributed by atoms with Gasteiger partial charge in [-0.3, -0.25) is 14.8 Å². The second kappa shape index (κ2) is 13.9. The summed E-state index contributed by atoms with van der Waals surface area (Å²) in [6.07, 6.45) is 3.53. The van der Waals surface area contributed by atoms with Crippen molar-refractivity contribution in [3.05, 3.63) is 59.9 Å². The fraction of sp³-hybridized carbons (Fsp3) is 0.350. The lowest BCUT2D eigenvalue weighted by Crippen LogP contribution is -2.39. The molecule has 0 bridgehead atoms. The number of hydrogen-bond donors (Lipinski definition) is 4. The molecule has 0 radical (unpaired) electrons. The number of amides is 1. The predicted octanol–water partition coefficient (Wildman–Crippen LogP) is 1.14. The minimum absolute atomic E-state index is 0. The van der Waals surface area contributed by atoms with Crippen LogP contribution in [0.25, 0.3) is 0 Å². The van der Waals surface area contributed by atoms with E-state index >= 15 is 0 Å². The maximum atomic E-state index is 12.2. The number of aromatic nitrogens is 1. The molecule has 0 unspecified atom stereocenters. The third-order valence-electron chi connectivity index (χ3n) is 4.09. The first kappa shape index (κ1) is 26.8. The second-order valence-corrected chi connectivity index (χ2v) is 8.07. The van der Waals surface area contributed by atoms with E-state index in [1.807, 2.05) is 25.1 Å². The quantitative estimate of drug-likeness (QED) is 0.150. The van der Waals surface area contributed by atoms with Gasteiger partial charge in [-0.1, -0.05) is 12.1 Å². The summed E-state index contributed by atoms with van der Waals surface area (Å²) in [5, 5.41) is 8.95. The van der Waals surface area contributed by atoms with E-state index in [-0.39, 0.29) is 47.9 Å². The molecule has 0 saturated carbocycles. The highest BCUT2D eigenvalue weighted by Crippen LogP contribution is 2.06. The maximum Gasteiger partial charge on any atom is 0.251 e. The Labute approximate surface area is 200 Å². The molecule has 170 valence electrons. The van der Waals surface area contributed by atoms with Crippen molar-refractivity contribution < 1.29 is 13.2 Å². The molecule has 0 aliphatic rings. The first-order chi connectivity index (χ1) is 14.5. The standard InChI is InChI=1S/C20H28N6O3S.HI/c1-3-23-20(24-11-9-16-6-4-7-17(14-16)19(27)21-2)25-12-13-26-30(28,29)18-8-5-10-22-15-18;/h4-8,10,14-15,26H,3,9,11-13H2,1-2H3,(H,21,27)(H2,23,24,25);1H. The van der Waals surface area contributed by atoms with Crippen LogP contribution in [0, 0.1) is 0 Å². The summed E-state index contributed by atoms with van der Waals surface area (Å²) in [7, 11) is -1.99. The van der Waals surface area contributed by atoms with Gasteiger partial charge in [-0.05, 0) is 43.2 Å². The summed E-state index contributed by atoms with van der Waals surface area (Å²) in [6.45, 7) is 3.70. The van der Waals surface area contributed by atoms with E-state index in [0.717, 1.165) is 5.56 Å². The van der Waals surface area contributed by atoms with Crippen LogP contribution in [0.2, 0.25) is 0 Å². The molecule has 11 heteroatoms. The van der Waals surface area contributed by atoms with Crippen LogP contribution in [0.15, 0.2) is 58.7 Å². The monoisotopic (exact) mass is 560 g/mol. The zero-order valence-electron chi connectivity index (χ0n) is 17.6. The molecule has 1 aromatic carbocycles. The molecule has 2 rings (SSSR count). The number of carbonyl (C=O) groups is 1. The van der Waals surface area contributed by atoms with Gasteiger partial charge in [0.2, 0.25) is 10.0 Å². The Morgan fingerprint density at radius 2 is 1.94 bits per heavy atom. The van der Waals surface area contributed by atoms with Crippen molar-refractivity contribution in [2.75, 3.05) is 33.2 Å². The van der Waals surface area contributed by atoms with Crippen molar-refractivity contribution in [3.63, 3.8) is 0 Å². The van der Waals surface area contributed by atoms with Crippen molar-refractivity contribution in [2.24, 2.45) is 4.99 Å². The lowest BCUT2D eigenvalue weighted by Gasteiger charge is -2.12. The molecule has 0 atom stereocenters. The number of hydrogen-bond acceptors (Lipinski definition) is 5. The Bertz CT molecular complexity index is 954. The van der Waals surface area contributed by atoms with Crippen LogP contribution < -0.4 is 20.7 Å². The smallest absolute Gasteiger partial charge is 0.251 e. The summed E-state index contributed by atoms with van der Waals surface area (Å²) in [6, 6.07) is 10.5. The number of nitrogens with zero attached hydrogens (tertiary/aromatic N) is 2. The Hall–Kier alpha value is -2.25. The molecule has 0 spiro atoms. The first-order valence-corrected chi connectivity index (χ1v) is 11.2. The SMILES string of the molecule is CCNC(=NCCNS(=O)(=O)c1cccnc1)NCCc1cccc(C(=O)NC)c1.I. The molecule has 31 heavy (non-hydrogen) atoms. The van der Waals surface area contributed by atoms with E-state index in [1.165, 1.54) is 18.5 Å². The van der Waals surface area contributed by atoms with Crippen LogP contribution >= 0.6 is 24.0 Å². The van der Waals surface area contributed by atoms with Gasteiger partial charge in [0, 0.05) is 44.6 Å². The van der Waals surface area contributed by atoms with E-state index in [4.69, 9.17) is 0 Å². The molecule has 0 fully saturated rings. The largest absolute Gasteiger partial charge is 0.357 e. The summed E-state index contributed by atoms with van der Waals surface area (Å²) < 4.78 is 26.8.